The molecule has 1 fully saturated rings. The van der Waals surface area contributed by atoms with Crippen LogP contribution in [0.1, 0.15) is 24.0 Å². The SMILES string of the molecule is CN(Cc1ccc(Br)cc1)c1ccc(CNC2CC2)cn1. The van der Waals surface area contributed by atoms with Crippen LogP contribution in [0, 0.1) is 0 Å². The second-order valence-corrected chi connectivity index (χ2v) is 6.58. The quantitative estimate of drug-likeness (QED) is 0.864. The molecule has 0 spiro atoms. The Hall–Kier alpha value is -1.39. The van der Waals surface area contributed by atoms with E-state index in [1.165, 1.54) is 24.0 Å². The number of pyridine rings is 1. The van der Waals surface area contributed by atoms with Gasteiger partial charge in [0.2, 0.25) is 0 Å². The summed E-state index contributed by atoms with van der Waals surface area (Å²) >= 11 is 3.46. The Bertz CT molecular complexity index is 576. The molecule has 1 saturated carbocycles. The van der Waals surface area contributed by atoms with Gasteiger partial charge in [-0.3, -0.25) is 0 Å². The van der Waals surface area contributed by atoms with Crippen LogP contribution in [0.2, 0.25) is 0 Å². The van der Waals surface area contributed by atoms with Gasteiger partial charge in [0.1, 0.15) is 5.82 Å². The first-order valence-corrected chi connectivity index (χ1v) is 8.14. The number of anilines is 1. The summed E-state index contributed by atoms with van der Waals surface area (Å²) < 4.78 is 1.11. The molecule has 110 valence electrons. The van der Waals surface area contributed by atoms with Crippen LogP contribution in [0.15, 0.2) is 47.1 Å². The minimum atomic E-state index is 0.741. The lowest BCUT2D eigenvalue weighted by Crippen LogP contribution is -2.18. The van der Waals surface area contributed by atoms with Gasteiger partial charge in [0, 0.05) is 36.8 Å². The van der Waals surface area contributed by atoms with Crippen molar-refractivity contribution in [3.05, 3.63) is 58.2 Å². The van der Waals surface area contributed by atoms with Crippen molar-refractivity contribution < 1.29 is 0 Å². The molecule has 0 unspecified atom stereocenters. The average molecular weight is 346 g/mol. The van der Waals surface area contributed by atoms with Crippen molar-refractivity contribution in [2.45, 2.75) is 32.0 Å². The van der Waals surface area contributed by atoms with Crippen molar-refractivity contribution in [1.29, 1.82) is 0 Å². The van der Waals surface area contributed by atoms with E-state index in [1.54, 1.807) is 0 Å². The second-order valence-electron chi connectivity index (χ2n) is 5.66. The van der Waals surface area contributed by atoms with Crippen molar-refractivity contribution in [3.8, 4) is 0 Å². The van der Waals surface area contributed by atoms with E-state index in [4.69, 9.17) is 0 Å². The largest absolute Gasteiger partial charge is 0.355 e. The van der Waals surface area contributed by atoms with Crippen LogP contribution >= 0.6 is 15.9 Å². The smallest absolute Gasteiger partial charge is 0.128 e. The maximum atomic E-state index is 4.57. The van der Waals surface area contributed by atoms with E-state index in [1.807, 2.05) is 6.20 Å². The number of hydrogen-bond acceptors (Lipinski definition) is 3. The Balaban J connectivity index is 1.58. The van der Waals surface area contributed by atoms with E-state index < -0.39 is 0 Å². The lowest BCUT2D eigenvalue weighted by molar-refractivity contribution is 0.685. The first-order chi connectivity index (χ1) is 10.2. The van der Waals surface area contributed by atoms with Gasteiger partial charge in [-0.2, -0.15) is 0 Å². The zero-order valence-electron chi connectivity index (χ0n) is 12.2. The molecule has 1 aliphatic rings. The fourth-order valence-corrected chi connectivity index (χ4v) is 2.51. The molecule has 1 N–H and O–H groups in total. The van der Waals surface area contributed by atoms with Crippen molar-refractivity contribution in [2.24, 2.45) is 0 Å². The maximum Gasteiger partial charge on any atom is 0.128 e. The van der Waals surface area contributed by atoms with Gasteiger partial charge in [-0.15, -0.1) is 0 Å². The van der Waals surface area contributed by atoms with Gasteiger partial charge < -0.3 is 10.2 Å². The van der Waals surface area contributed by atoms with Gasteiger partial charge >= 0.3 is 0 Å². The summed E-state index contributed by atoms with van der Waals surface area (Å²) in [5, 5.41) is 3.51. The fraction of sp³-hybridized carbons (Fsp3) is 0.353. The van der Waals surface area contributed by atoms with E-state index in [0.29, 0.717) is 0 Å². The van der Waals surface area contributed by atoms with Gasteiger partial charge in [-0.1, -0.05) is 34.1 Å². The minimum Gasteiger partial charge on any atom is -0.355 e. The second kappa shape index (κ2) is 6.58. The first-order valence-electron chi connectivity index (χ1n) is 7.34. The minimum absolute atomic E-state index is 0.741. The molecule has 3 nitrogen and oxygen atoms in total. The Morgan fingerprint density at radius 2 is 1.86 bits per heavy atom. The molecule has 0 atom stereocenters. The molecule has 1 heterocycles. The summed E-state index contributed by atoms with van der Waals surface area (Å²) in [6.45, 7) is 1.79. The fourth-order valence-electron chi connectivity index (χ4n) is 2.24. The number of nitrogens with one attached hydrogen (secondary N) is 1. The van der Waals surface area contributed by atoms with Crippen LogP contribution in [-0.4, -0.2) is 18.1 Å². The molecule has 0 aliphatic heterocycles. The van der Waals surface area contributed by atoms with Crippen LogP contribution in [0.4, 0.5) is 5.82 Å². The van der Waals surface area contributed by atoms with Crippen molar-refractivity contribution >= 4 is 21.7 Å². The zero-order valence-corrected chi connectivity index (χ0v) is 13.8. The van der Waals surface area contributed by atoms with E-state index in [2.05, 4.69) is 74.6 Å². The summed E-state index contributed by atoms with van der Waals surface area (Å²) in [5.41, 5.74) is 2.53. The molecule has 0 bridgehead atoms. The number of rotatable bonds is 6. The van der Waals surface area contributed by atoms with Crippen LogP contribution in [0.5, 0.6) is 0 Å². The predicted octanol–water partition coefficient (Wildman–Crippen LogP) is 3.73. The highest BCUT2D eigenvalue weighted by Crippen LogP contribution is 2.20. The van der Waals surface area contributed by atoms with Crippen LogP contribution in [-0.2, 0) is 13.1 Å². The molecular weight excluding hydrogens is 326 g/mol. The van der Waals surface area contributed by atoms with E-state index in [-0.39, 0.29) is 0 Å². The lowest BCUT2D eigenvalue weighted by atomic mass is 10.2. The number of aromatic nitrogens is 1. The Morgan fingerprint density at radius 1 is 1.14 bits per heavy atom. The molecule has 0 radical (unpaired) electrons. The highest BCUT2D eigenvalue weighted by Gasteiger charge is 2.19. The van der Waals surface area contributed by atoms with Gasteiger partial charge in [0.25, 0.3) is 0 Å². The molecule has 4 heteroatoms. The highest BCUT2D eigenvalue weighted by molar-refractivity contribution is 9.10. The number of halogens is 1. The Morgan fingerprint density at radius 3 is 2.48 bits per heavy atom. The zero-order chi connectivity index (χ0) is 14.7. The number of benzene rings is 1. The summed E-state index contributed by atoms with van der Waals surface area (Å²) in [6, 6.07) is 13.4. The maximum absolute atomic E-state index is 4.57. The number of nitrogens with zero attached hydrogens (tertiary/aromatic N) is 2. The molecule has 3 rings (SSSR count). The van der Waals surface area contributed by atoms with Crippen molar-refractivity contribution in [1.82, 2.24) is 10.3 Å². The van der Waals surface area contributed by atoms with Gasteiger partial charge in [-0.25, -0.2) is 4.98 Å². The third kappa shape index (κ3) is 4.29. The van der Waals surface area contributed by atoms with Crippen molar-refractivity contribution in [3.63, 3.8) is 0 Å². The molecule has 1 aliphatic carbocycles. The van der Waals surface area contributed by atoms with Gasteiger partial charge in [0.05, 0.1) is 0 Å². The normalized spacial score (nSPS) is 14.2. The first kappa shape index (κ1) is 14.5. The Kier molecular flexibility index (Phi) is 4.56. The monoisotopic (exact) mass is 345 g/mol. The van der Waals surface area contributed by atoms with E-state index in [0.717, 1.165) is 29.4 Å². The van der Waals surface area contributed by atoms with Crippen LogP contribution in [0.25, 0.3) is 0 Å². The molecule has 2 aromatic rings. The summed E-state index contributed by atoms with van der Waals surface area (Å²) in [6.07, 6.45) is 4.62. The van der Waals surface area contributed by atoms with E-state index >= 15 is 0 Å². The van der Waals surface area contributed by atoms with Gasteiger partial charge in [-0.05, 0) is 42.2 Å². The third-order valence-corrected chi connectivity index (χ3v) is 4.23. The van der Waals surface area contributed by atoms with Gasteiger partial charge in [0.15, 0.2) is 0 Å². The summed E-state index contributed by atoms with van der Waals surface area (Å²) in [7, 11) is 2.08. The molecule has 0 amide bonds. The standard InChI is InChI=1S/C17H20BrN3/c1-21(12-13-2-5-15(18)6-3-13)17-9-4-14(11-20-17)10-19-16-7-8-16/h2-6,9,11,16,19H,7-8,10,12H2,1H3. The predicted molar refractivity (Wildman–Crippen MR) is 90.3 cm³/mol. The number of hydrogen-bond donors (Lipinski definition) is 1. The third-order valence-electron chi connectivity index (χ3n) is 3.71. The highest BCUT2D eigenvalue weighted by atomic mass is 79.9. The Labute approximate surface area is 134 Å². The van der Waals surface area contributed by atoms with Crippen LogP contribution in [0.3, 0.4) is 0 Å². The molecule has 0 saturated heterocycles. The molecule has 1 aromatic carbocycles. The van der Waals surface area contributed by atoms with Crippen LogP contribution < -0.4 is 10.2 Å². The van der Waals surface area contributed by atoms with Crippen molar-refractivity contribution in [2.75, 3.05) is 11.9 Å². The summed E-state index contributed by atoms with van der Waals surface area (Å²) in [5.74, 6) is 1.01. The molecule has 21 heavy (non-hydrogen) atoms. The lowest BCUT2D eigenvalue weighted by Gasteiger charge is -2.18. The topological polar surface area (TPSA) is 28.2 Å². The average Bonchev–Trinajstić information content (AvgIpc) is 3.32. The van der Waals surface area contributed by atoms with E-state index in [9.17, 15) is 0 Å². The molecular formula is C17H20BrN3. The molecule has 1 aromatic heterocycles. The summed E-state index contributed by atoms with van der Waals surface area (Å²) in [4.78, 5) is 6.74.